The minimum absolute atomic E-state index is 0.146. The maximum atomic E-state index is 12.9. The number of ketones is 1. The van der Waals surface area contributed by atoms with Gasteiger partial charge >= 0.3 is 0 Å². The molecule has 0 saturated heterocycles. The number of Topliss-reactive ketones (excluding diaryl/α,β-unsaturated/α-hetero) is 1. The molecule has 1 aliphatic carbocycles. The van der Waals surface area contributed by atoms with Crippen LogP contribution in [-0.4, -0.2) is 31.3 Å². The molecular weight excluding hydrogens is 306 g/mol. The van der Waals surface area contributed by atoms with E-state index < -0.39 is 0 Å². The van der Waals surface area contributed by atoms with Gasteiger partial charge in [-0.3, -0.25) is 4.79 Å². The Labute approximate surface area is 151 Å². The Kier molecular flexibility index (Phi) is 5.83. The molecule has 1 fully saturated rings. The van der Waals surface area contributed by atoms with Gasteiger partial charge in [0.05, 0.1) is 0 Å². The quantitative estimate of drug-likeness (QED) is 0.576. The lowest BCUT2D eigenvalue weighted by Crippen LogP contribution is -2.27. The van der Waals surface area contributed by atoms with E-state index >= 15 is 0 Å². The van der Waals surface area contributed by atoms with E-state index in [1.165, 1.54) is 11.1 Å². The van der Waals surface area contributed by atoms with Crippen molar-refractivity contribution in [2.45, 2.75) is 25.7 Å². The largest absolute Gasteiger partial charge is 0.309 e. The zero-order valence-corrected chi connectivity index (χ0v) is 15.2. The summed E-state index contributed by atoms with van der Waals surface area (Å²) in [6, 6.07) is 18.9. The number of benzene rings is 2. The Balaban J connectivity index is 1.80. The number of nitrogens with zero attached hydrogens (tertiary/aromatic N) is 1. The highest BCUT2D eigenvalue weighted by Gasteiger charge is 2.25. The minimum Gasteiger partial charge on any atom is -0.309 e. The highest BCUT2D eigenvalue weighted by atomic mass is 16.1. The van der Waals surface area contributed by atoms with Gasteiger partial charge in [0.25, 0.3) is 0 Å². The van der Waals surface area contributed by atoms with Crippen LogP contribution in [0.5, 0.6) is 0 Å². The summed E-state index contributed by atoms with van der Waals surface area (Å²) in [5.74, 6) is 0.491. The molecule has 2 nitrogen and oxygen atoms in total. The van der Waals surface area contributed by atoms with Gasteiger partial charge in [-0.25, -0.2) is 0 Å². The summed E-state index contributed by atoms with van der Waals surface area (Å²) in [6.07, 6.45) is 6.29. The van der Waals surface area contributed by atoms with E-state index in [1.54, 1.807) is 0 Å². The van der Waals surface area contributed by atoms with Crippen LogP contribution in [0.2, 0.25) is 0 Å². The molecule has 1 aliphatic rings. The summed E-state index contributed by atoms with van der Waals surface area (Å²) < 4.78 is 0. The highest BCUT2D eigenvalue weighted by molar-refractivity contribution is 6.01. The highest BCUT2D eigenvalue weighted by Crippen LogP contribution is 2.27. The minimum atomic E-state index is 0.146. The molecule has 0 radical (unpaired) electrons. The second-order valence-electron chi connectivity index (χ2n) is 7.23. The van der Waals surface area contributed by atoms with Gasteiger partial charge in [0, 0.05) is 12.5 Å². The van der Waals surface area contributed by atoms with Crippen LogP contribution < -0.4 is 0 Å². The summed E-state index contributed by atoms with van der Waals surface area (Å²) in [5, 5.41) is 0. The van der Waals surface area contributed by atoms with Crippen molar-refractivity contribution in [3.8, 4) is 11.1 Å². The fourth-order valence-corrected chi connectivity index (χ4v) is 3.58. The fourth-order valence-electron chi connectivity index (χ4n) is 3.58. The Hall–Kier alpha value is -2.19. The second-order valence-corrected chi connectivity index (χ2v) is 7.23. The van der Waals surface area contributed by atoms with Gasteiger partial charge in [-0.15, -0.1) is 0 Å². The molecule has 0 spiro atoms. The number of hydrogen-bond acceptors (Lipinski definition) is 2. The van der Waals surface area contributed by atoms with Gasteiger partial charge in [-0.05, 0) is 61.7 Å². The molecule has 2 heteroatoms. The van der Waals surface area contributed by atoms with Crippen molar-refractivity contribution >= 4 is 11.9 Å². The molecule has 1 unspecified atom stereocenters. The average Bonchev–Trinajstić information content (AvgIpc) is 2.79. The maximum absolute atomic E-state index is 12.9. The topological polar surface area (TPSA) is 20.3 Å². The van der Waals surface area contributed by atoms with Crippen molar-refractivity contribution < 1.29 is 4.79 Å². The van der Waals surface area contributed by atoms with E-state index in [1.807, 2.05) is 20.2 Å². The molecular formula is C23H27NO. The lowest BCUT2D eigenvalue weighted by molar-refractivity contribution is -0.119. The predicted molar refractivity (Wildman–Crippen MR) is 105 cm³/mol. The molecule has 25 heavy (non-hydrogen) atoms. The zero-order chi connectivity index (χ0) is 17.6. The summed E-state index contributed by atoms with van der Waals surface area (Å²) in [4.78, 5) is 15.0. The van der Waals surface area contributed by atoms with E-state index in [0.717, 1.165) is 43.4 Å². The van der Waals surface area contributed by atoms with Gasteiger partial charge in [0.1, 0.15) is 0 Å². The molecule has 2 aromatic carbocycles. The summed E-state index contributed by atoms with van der Waals surface area (Å²) >= 11 is 0. The van der Waals surface area contributed by atoms with Gasteiger partial charge in [-0.2, -0.15) is 0 Å². The van der Waals surface area contributed by atoms with Crippen molar-refractivity contribution in [2.24, 2.45) is 5.92 Å². The molecule has 0 amide bonds. The Bertz CT molecular complexity index is 728. The first-order valence-corrected chi connectivity index (χ1v) is 9.18. The van der Waals surface area contributed by atoms with E-state index in [0.29, 0.717) is 5.78 Å². The molecule has 0 heterocycles. The third kappa shape index (κ3) is 4.67. The SMILES string of the molecule is CN(C)CC1CCCC/C(=C\c2ccc(-c3ccccc3)cc2)C1=O. The van der Waals surface area contributed by atoms with Crippen LogP contribution in [0.25, 0.3) is 17.2 Å². The average molecular weight is 333 g/mol. The molecule has 2 aromatic rings. The Morgan fingerprint density at radius 3 is 2.32 bits per heavy atom. The number of carbonyl (C=O) groups excluding carboxylic acids is 1. The van der Waals surface area contributed by atoms with Gasteiger partial charge in [0.15, 0.2) is 5.78 Å². The fraction of sp³-hybridized carbons (Fsp3) is 0.348. The van der Waals surface area contributed by atoms with E-state index in [2.05, 4.69) is 59.5 Å². The molecule has 0 aliphatic heterocycles. The lowest BCUT2D eigenvalue weighted by atomic mass is 9.94. The van der Waals surface area contributed by atoms with Crippen molar-refractivity contribution in [3.63, 3.8) is 0 Å². The number of allylic oxidation sites excluding steroid dienone is 1. The van der Waals surface area contributed by atoms with Crippen molar-refractivity contribution in [2.75, 3.05) is 20.6 Å². The number of hydrogen-bond donors (Lipinski definition) is 0. The van der Waals surface area contributed by atoms with Crippen LogP contribution >= 0.6 is 0 Å². The lowest BCUT2D eigenvalue weighted by Gasteiger charge is -2.18. The molecule has 3 rings (SSSR count). The van der Waals surface area contributed by atoms with Crippen molar-refractivity contribution in [1.29, 1.82) is 0 Å². The van der Waals surface area contributed by atoms with Crippen LogP contribution in [0.3, 0.4) is 0 Å². The first-order valence-electron chi connectivity index (χ1n) is 9.18. The Morgan fingerprint density at radius 2 is 1.64 bits per heavy atom. The normalized spacial score (nSPS) is 20.0. The predicted octanol–water partition coefficient (Wildman–Crippen LogP) is 5.06. The third-order valence-corrected chi connectivity index (χ3v) is 4.88. The maximum Gasteiger partial charge on any atom is 0.163 e. The Morgan fingerprint density at radius 1 is 0.960 bits per heavy atom. The first kappa shape index (κ1) is 17.6. The number of carbonyl (C=O) groups is 1. The van der Waals surface area contributed by atoms with Crippen LogP contribution in [0.1, 0.15) is 31.2 Å². The standard InChI is InChI=1S/C23H27NO/c1-24(2)17-22-11-7-6-10-21(23(22)25)16-18-12-14-20(15-13-18)19-8-4-3-5-9-19/h3-5,8-9,12-16,22H,6-7,10-11,17H2,1-2H3/b21-16+. The smallest absolute Gasteiger partial charge is 0.163 e. The summed E-state index contributed by atoms with van der Waals surface area (Å²) in [6.45, 7) is 0.850. The molecule has 0 bridgehead atoms. The van der Waals surface area contributed by atoms with Gasteiger partial charge in [0.2, 0.25) is 0 Å². The van der Waals surface area contributed by atoms with Crippen LogP contribution in [0, 0.1) is 5.92 Å². The van der Waals surface area contributed by atoms with Gasteiger partial charge in [-0.1, -0.05) is 61.0 Å². The first-order chi connectivity index (χ1) is 12.1. The summed E-state index contributed by atoms with van der Waals surface area (Å²) in [5.41, 5.74) is 4.55. The number of rotatable bonds is 4. The molecule has 0 N–H and O–H groups in total. The van der Waals surface area contributed by atoms with E-state index in [9.17, 15) is 4.79 Å². The second kappa shape index (κ2) is 8.26. The molecule has 0 aromatic heterocycles. The van der Waals surface area contributed by atoms with Crippen LogP contribution in [-0.2, 0) is 4.79 Å². The molecule has 1 saturated carbocycles. The van der Waals surface area contributed by atoms with Crippen LogP contribution in [0.15, 0.2) is 60.2 Å². The molecule has 130 valence electrons. The molecule has 1 atom stereocenters. The third-order valence-electron chi connectivity index (χ3n) is 4.88. The monoisotopic (exact) mass is 333 g/mol. The van der Waals surface area contributed by atoms with E-state index in [-0.39, 0.29) is 5.92 Å². The van der Waals surface area contributed by atoms with E-state index in [4.69, 9.17) is 0 Å². The van der Waals surface area contributed by atoms with Crippen molar-refractivity contribution in [3.05, 3.63) is 65.7 Å². The summed E-state index contributed by atoms with van der Waals surface area (Å²) in [7, 11) is 4.09. The zero-order valence-electron chi connectivity index (χ0n) is 15.2. The van der Waals surface area contributed by atoms with Crippen LogP contribution in [0.4, 0.5) is 0 Å². The van der Waals surface area contributed by atoms with Crippen molar-refractivity contribution in [1.82, 2.24) is 4.90 Å². The van der Waals surface area contributed by atoms with Gasteiger partial charge < -0.3 is 4.90 Å².